The zero-order valence-electron chi connectivity index (χ0n) is 27.9. The van der Waals surface area contributed by atoms with Crippen LogP contribution in [-0.2, 0) is 9.47 Å². The Morgan fingerprint density at radius 1 is 0.531 bits per heavy atom. The van der Waals surface area contributed by atoms with Crippen LogP contribution in [0, 0.1) is 0 Å². The molecule has 2 aliphatic heterocycles. The van der Waals surface area contributed by atoms with Gasteiger partial charge < -0.3 is 14.0 Å². The van der Waals surface area contributed by atoms with Crippen LogP contribution in [0.5, 0.6) is 0 Å². The minimum Gasteiger partial charge on any atom is -0.475 e. The molecule has 2 aliphatic rings. The van der Waals surface area contributed by atoms with E-state index in [4.69, 9.17) is 19.5 Å². The number of para-hydroxylation sites is 1. The van der Waals surface area contributed by atoms with Crippen LogP contribution in [0.3, 0.4) is 0 Å². The Kier molecular flexibility index (Phi) is 6.50. The van der Waals surface area contributed by atoms with E-state index in [-0.39, 0.29) is 11.1 Å². The third kappa shape index (κ3) is 5.13. The van der Waals surface area contributed by atoms with Crippen LogP contribution < -0.4 is 0 Å². The Balaban J connectivity index is 1.19. The lowest BCUT2D eigenvalue weighted by atomic mass is 9.99. The van der Waals surface area contributed by atoms with Crippen LogP contribution >= 0.6 is 0 Å². The van der Waals surface area contributed by atoms with E-state index in [0.717, 1.165) is 50.0 Å². The van der Waals surface area contributed by atoms with Crippen LogP contribution in [0.1, 0.15) is 38.8 Å². The maximum absolute atomic E-state index is 5.94. The molecular weight excluding hydrogens is 606 g/mol. The summed E-state index contributed by atoms with van der Waals surface area (Å²) in [5.74, 6) is 1.30. The maximum Gasteiger partial charge on any atom is 0.218 e. The van der Waals surface area contributed by atoms with Gasteiger partial charge in [-0.05, 0) is 80.6 Å². The van der Waals surface area contributed by atoms with Gasteiger partial charge in [0.05, 0.1) is 33.2 Å². The number of nitrogens with zero attached hydrogens (tertiary/aromatic N) is 5. The number of hydrogen-bond acceptors (Lipinski definition) is 6. The first-order valence-corrected chi connectivity index (χ1v) is 16.6. The second-order valence-corrected chi connectivity index (χ2v) is 14.3. The van der Waals surface area contributed by atoms with Gasteiger partial charge in [0.15, 0.2) is 0 Å². The molecule has 7 heteroatoms. The number of aliphatic imine (C=N–C) groups is 2. The highest BCUT2D eigenvalue weighted by Crippen LogP contribution is 2.39. The molecule has 240 valence electrons. The van der Waals surface area contributed by atoms with Gasteiger partial charge in [0.1, 0.15) is 13.2 Å². The number of pyridine rings is 2. The fourth-order valence-electron chi connectivity index (χ4n) is 6.93. The molecule has 0 spiro atoms. The molecule has 0 atom stereocenters. The highest BCUT2D eigenvalue weighted by atomic mass is 16.5. The summed E-state index contributed by atoms with van der Waals surface area (Å²) in [6.45, 7) is 9.45. The molecule has 0 N–H and O–H groups in total. The minimum absolute atomic E-state index is 0.226. The van der Waals surface area contributed by atoms with Crippen molar-refractivity contribution in [3.05, 3.63) is 127 Å². The second-order valence-electron chi connectivity index (χ2n) is 14.3. The summed E-state index contributed by atoms with van der Waals surface area (Å²) < 4.78 is 14.2. The number of rotatable bonds is 5. The Morgan fingerprint density at radius 2 is 1.08 bits per heavy atom. The molecule has 0 amide bonds. The van der Waals surface area contributed by atoms with Gasteiger partial charge >= 0.3 is 0 Å². The van der Waals surface area contributed by atoms with Crippen LogP contribution in [0.4, 0.5) is 0 Å². The summed E-state index contributed by atoms with van der Waals surface area (Å²) in [6.07, 6.45) is 7.47. The summed E-state index contributed by atoms with van der Waals surface area (Å²) in [5, 5.41) is 4.74. The molecule has 0 saturated carbocycles. The first kappa shape index (κ1) is 29.3. The Labute approximate surface area is 284 Å². The summed E-state index contributed by atoms with van der Waals surface area (Å²) in [4.78, 5) is 18.7. The van der Waals surface area contributed by atoms with Crippen LogP contribution in [-0.4, -0.2) is 50.6 Å². The van der Waals surface area contributed by atoms with Gasteiger partial charge in [0.25, 0.3) is 0 Å². The molecule has 0 aliphatic carbocycles. The van der Waals surface area contributed by atoms with E-state index in [1.54, 1.807) is 0 Å². The molecule has 7 aromatic rings. The van der Waals surface area contributed by atoms with Crippen molar-refractivity contribution in [1.29, 1.82) is 0 Å². The summed E-state index contributed by atoms with van der Waals surface area (Å²) >= 11 is 0. The standard InChI is InChI=1S/C42H35N5O2/c1-41(2)24-48-39(45-41)31-17-29(20-43-22-31)26-10-13-34-28(16-26)12-15-36-35-14-11-27(19-37(35)47(38(34)36)33-8-6-5-7-9-33)30-18-32(23-44-21-30)40-46-42(3,4)25-49-40/h5-23H,24-25H2,1-4H3. The number of aromatic nitrogens is 3. The van der Waals surface area contributed by atoms with Gasteiger partial charge in [-0.1, -0.05) is 54.6 Å². The van der Waals surface area contributed by atoms with Crippen molar-refractivity contribution < 1.29 is 9.47 Å². The van der Waals surface area contributed by atoms with E-state index in [0.29, 0.717) is 25.0 Å². The van der Waals surface area contributed by atoms with Crippen LogP contribution in [0.25, 0.3) is 60.5 Å². The van der Waals surface area contributed by atoms with Crippen molar-refractivity contribution in [2.24, 2.45) is 9.98 Å². The molecule has 9 rings (SSSR count). The first-order chi connectivity index (χ1) is 23.7. The molecule has 4 aromatic carbocycles. The van der Waals surface area contributed by atoms with Crippen molar-refractivity contribution in [3.8, 4) is 27.9 Å². The zero-order valence-corrected chi connectivity index (χ0v) is 27.9. The number of benzene rings is 4. The fraction of sp³-hybridized carbons (Fsp3) is 0.190. The molecule has 5 heterocycles. The lowest BCUT2D eigenvalue weighted by Crippen LogP contribution is -2.17. The highest BCUT2D eigenvalue weighted by Gasteiger charge is 2.28. The van der Waals surface area contributed by atoms with Gasteiger partial charge in [-0.2, -0.15) is 0 Å². The lowest BCUT2D eigenvalue weighted by Gasteiger charge is -2.12. The first-order valence-electron chi connectivity index (χ1n) is 16.6. The highest BCUT2D eigenvalue weighted by molar-refractivity contribution is 6.19. The van der Waals surface area contributed by atoms with E-state index in [1.165, 1.54) is 21.7 Å². The second kappa shape index (κ2) is 10.9. The number of fused-ring (bicyclic) bond motifs is 5. The van der Waals surface area contributed by atoms with E-state index in [2.05, 4.69) is 133 Å². The SMILES string of the molecule is CC1(C)COC(c2cncc(-c3ccc4c(ccc5c6ccc(-c7cncc(C8=NC(C)(C)CO8)c7)cc6n(-c6ccccc6)c45)c3)c2)=N1. The molecular formula is C42H35N5O2. The number of ether oxygens (including phenoxy) is 2. The normalized spacial score (nSPS) is 16.5. The van der Waals surface area contributed by atoms with Gasteiger partial charge in [0, 0.05) is 57.8 Å². The fourth-order valence-corrected chi connectivity index (χ4v) is 6.93. The largest absolute Gasteiger partial charge is 0.475 e. The number of hydrogen-bond donors (Lipinski definition) is 0. The van der Waals surface area contributed by atoms with Gasteiger partial charge in [-0.25, -0.2) is 9.98 Å². The average molecular weight is 642 g/mol. The summed E-state index contributed by atoms with van der Waals surface area (Å²) in [5.41, 5.74) is 8.96. The Morgan fingerprint density at radius 3 is 1.67 bits per heavy atom. The molecule has 0 fully saturated rings. The third-order valence-electron chi connectivity index (χ3n) is 9.33. The quantitative estimate of drug-likeness (QED) is 0.188. The van der Waals surface area contributed by atoms with Crippen molar-refractivity contribution in [2.45, 2.75) is 38.8 Å². The van der Waals surface area contributed by atoms with E-state index >= 15 is 0 Å². The van der Waals surface area contributed by atoms with Gasteiger partial charge in [-0.3, -0.25) is 9.97 Å². The summed E-state index contributed by atoms with van der Waals surface area (Å²) in [7, 11) is 0. The topological polar surface area (TPSA) is 73.9 Å². The van der Waals surface area contributed by atoms with E-state index in [1.807, 2.05) is 24.8 Å². The molecule has 0 unspecified atom stereocenters. The van der Waals surface area contributed by atoms with E-state index < -0.39 is 0 Å². The van der Waals surface area contributed by atoms with Crippen molar-refractivity contribution >= 4 is 44.4 Å². The maximum atomic E-state index is 5.94. The Hall–Kier alpha value is -5.82. The van der Waals surface area contributed by atoms with Crippen molar-refractivity contribution in [3.63, 3.8) is 0 Å². The smallest absolute Gasteiger partial charge is 0.218 e. The molecule has 7 nitrogen and oxygen atoms in total. The average Bonchev–Trinajstić information content (AvgIpc) is 3.79. The molecule has 0 radical (unpaired) electrons. The van der Waals surface area contributed by atoms with Gasteiger partial charge in [0.2, 0.25) is 11.8 Å². The lowest BCUT2D eigenvalue weighted by molar-refractivity contribution is 0.279. The summed E-state index contributed by atoms with van der Waals surface area (Å²) in [6, 6.07) is 32.7. The minimum atomic E-state index is -0.234. The predicted octanol–water partition coefficient (Wildman–Crippen LogP) is 9.17. The monoisotopic (exact) mass is 641 g/mol. The van der Waals surface area contributed by atoms with Crippen LogP contribution in [0.2, 0.25) is 0 Å². The van der Waals surface area contributed by atoms with E-state index in [9.17, 15) is 0 Å². The Bertz CT molecular complexity index is 2510. The third-order valence-corrected chi connectivity index (χ3v) is 9.33. The van der Waals surface area contributed by atoms with Crippen molar-refractivity contribution in [2.75, 3.05) is 13.2 Å². The predicted molar refractivity (Wildman–Crippen MR) is 198 cm³/mol. The molecule has 0 saturated heterocycles. The molecule has 0 bridgehead atoms. The molecule has 3 aromatic heterocycles. The molecule has 49 heavy (non-hydrogen) atoms. The zero-order chi connectivity index (χ0) is 33.3. The van der Waals surface area contributed by atoms with Crippen LogP contribution in [0.15, 0.2) is 126 Å². The van der Waals surface area contributed by atoms with Crippen molar-refractivity contribution in [1.82, 2.24) is 14.5 Å². The van der Waals surface area contributed by atoms with Gasteiger partial charge in [-0.15, -0.1) is 0 Å².